The zero-order valence-electron chi connectivity index (χ0n) is 11.9. The number of nitrogens with two attached hydrogens (primary N) is 1. The van der Waals surface area contributed by atoms with E-state index in [-0.39, 0.29) is 24.2 Å². The van der Waals surface area contributed by atoms with Gasteiger partial charge in [-0.1, -0.05) is 12.8 Å². The van der Waals surface area contributed by atoms with Crippen molar-refractivity contribution in [3.8, 4) is 0 Å². The summed E-state index contributed by atoms with van der Waals surface area (Å²) in [7, 11) is 0. The Morgan fingerprint density at radius 1 is 1.33 bits per heavy atom. The molecule has 6 heteroatoms. The maximum absolute atomic E-state index is 11.9. The molecule has 1 aromatic heterocycles. The summed E-state index contributed by atoms with van der Waals surface area (Å²) in [4.78, 5) is 27.2. The zero-order valence-corrected chi connectivity index (χ0v) is 11.9. The SMILES string of the molecule is Nc1ccc(CC(=O)NCC2CCCCC2C(=O)O)nc1. The minimum atomic E-state index is -0.755. The summed E-state index contributed by atoms with van der Waals surface area (Å²) in [5, 5.41) is 12.0. The van der Waals surface area contributed by atoms with Gasteiger partial charge in [0.15, 0.2) is 0 Å². The number of hydrogen-bond donors (Lipinski definition) is 3. The summed E-state index contributed by atoms with van der Waals surface area (Å²) in [6.07, 6.45) is 5.25. The molecule has 6 nitrogen and oxygen atoms in total. The molecule has 2 unspecified atom stereocenters. The Balaban J connectivity index is 1.82. The Hall–Kier alpha value is -2.11. The highest BCUT2D eigenvalue weighted by atomic mass is 16.4. The van der Waals surface area contributed by atoms with Crippen LogP contribution in [0.15, 0.2) is 18.3 Å². The van der Waals surface area contributed by atoms with E-state index in [9.17, 15) is 14.7 Å². The number of rotatable bonds is 5. The minimum Gasteiger partial charge on any atom is -0.481 e. The summed E-state index contributed by atoms with van der Waals surface area (Å²) in [5.41, 5.74) is 6.75. The maximum Gasteiger partial charge on any atom is 0.306 e. The Kier molecular flexibility index (Phi) is 5.14. The lowest BCUT2D eigenvalue weighted by Gasteiger charge is -2.28. The van der Waals surface area contributed by atoms with Crippen LogP contribution in [0.25, 0.3) is 0 Å². The molecule has 0 aromatic carbocycles. The molecule has 0 spiro atoms. The fraction of sp³-hybridized carbons (Fsp3) is 0.533. The van der Waals surface area contributed by atoms with Crippen molar-refractivity contribution in [2.45, 2.75) is 32.1 Å². The fourth-order valence-corrected chi connectivity index (χ4v) is 2.79. The standard InChI is InChI=1S/C15H21N3O3/c16-11-5-6-12(17-9-11)7-14(19)18-8-10-3-1-2-4-13(10)15(20)21/h5-6,9-10,13H,1-4,7-8,16H2,(H,18,19)(H,20,21). The van der Waals surface area contributed by atoms with Gasteiger partial charge in [-0.05, 0) is 30.9 Å². The normalized spacial score (nSPS) is 21.7. The van der Waals surface area contributed by atoms with Gasteiger partial charge in [0.25, 0.3) is 0 Å². The predicted octanol–water partition coefficient (Wildman–Crippen LogP) is 1.21. The summed E-state index contributed by atoms with van der Waals surface area (Å²) in [5.74, 6) is -1.20. The number of anilines is 1. The fourth-order valence-electron chi connectivity index (χ4n) is 2.79. The molecule has 2 rings (SSSR count). The van der Waals surface area contributed by atoms with Gasteiger partial charge in [-0.25, -0.2) is 0 Å². The molecule has 0 radical (unpaired) electrons. The van der Waals surface area contributed by atoms with E-state index in [1.807, 2.05) is 0 Å². The lowest BCUT2D eigenvalue weighted by atomic mass is 9.79. The molecule has 21 heavy (non-hydrogen) atoms. The van der Waals surface area contributed by atoms with Crippen molar-refractivity contribution in [2.75, 3.05) is 12.3 Å². The molecule has 1 fully saturated rings. The van der Waals surface area contributed by atoms with E-state index < -0.39 is 5.97 Å². The van der Waals surface area contributed by atoms with Crippen molar-refractivity contribution in [2.24, 2.45) is 11.8 Å². The number of aliphatic carboxylic acids is 1. The van der Waals surface area contributed by atoms with Gasteiger partial charge >= 0.3 is 5.97 Å². The maximum atomic E-state index is 11.9. The number of nitrogen functional groups attached to an aromatic ring is 1. The molecule has 0 saturated heterocycles. The third kappa shape index (κ3) is 4.44. The molecule has 114 valence electrons. The lowest BCUT2D eigenvalue weighted by molar-refractivity contribution is -0.145. The van der Waals surface area contributed by atoms with Crippen molar-refractivity contribution in [1.29, 1.82) is 0 Å². The number of aromatic nitrogens is 1. The second-order valence-corrected chi connectivity index (χ2v) is 5.55. The van der Waals surface area contributed by atoms with Crippen LogP contribution in [0.2, 0.25) is 0 Å². The molecule has 0 aliphatic heterocycles. The molecule has 1 aliphatic carbocycles. The lowest BCUT2D eigenvalue weighted by Crippen LogP contribution is -2.37. The first kappa shape index (κ1) is 15.3. The van der Waals surface area contributed by atoms with Gasteiger partial charge < -0.3 is 16.2 Å². The Morgan fingerprint density at radius 3 is 2.76 bits per heavy atom. The van der Waals surface area contributed by atoms with E-state index in [1.54, 1.807) is 12.1 Å². The van der Waals surface area contributed by atoms with Crippen molar-refractivity contribution in [3.63, 3.8) is 0 Å². The Bertz CT molecular complexity index is 501. The Labute approximate surface area is 123 Å². The largest absolute Gasteiger partial charge is 0.481 e. The van der Waals surface area contributed by atoms with Crippen LogP contribution in [-0.4, -0.2) is 28.5 Å². The minimum absolute atomic E-state index is 0.0274. The van der Waals surface area contributed by atoms with Crippen LogP contribution < -0.4 is 11.1 Å². The van der Waals surface area contributed by atoms with Crippen molar-refractivity contribution < 1.29 is 14.7 Å². The van der Waals surface area contributed by atoms with Gasteiger partial charge in [-0.15, -0.1) is 0 Å². The number of carbonyl (C=O) groups is 2. The van der Waals surface area contributed by atoms with Gasteiger partial charge in [0, 0.05) is 12.2 Å². The van der Waals surface area contributed by atoms with Crippen LogP contribution in [-0.2, 0) is 16.0 Å². The summed E-state index contributed by atoms with van der Waals surface area (Å²) < 4.78 is 0. The van der Waals surface area contributed by atoms with Gasteiger partial charge in [-0.2, -0.15) is 0 Å². The number of hydrogen-bond acceptors (Lipinski definition) is 4. The second kappa shape index (κ2) is 7.06. The summed E-state index contributed by atoms with van der Waals surface area (Å²) >= 11 is 0. The Morgan fingerprint density at radius 2 is 2.10 bits per heavy atom. The van der Waals surface area contributed by atoms with Gasteiger partial charge in [0.2, 0.25) is 5.91 Å². The highest BCUT2D eigenvalue weighted by molar-refractivity contribution is 5.78. The van der Waals surface area contributed by atoms with E-state index in [0.717, 1.165) is 19.3 Å². The molecule has 1 amide bonds. The van der Waals surface area contributed by atoms with Gasteiger partial charge in [0.05, 0.1) is 24.2 Å². The van der Waals surface area contributed by atoms with E-state index in [0.29, 0.717) is 24.3 Å². The van der Waals surface area contributed by atoms with Crippen LogP contribution in [0, 0.1) is 11.8 Å². The van der Waals surface area contributed by atoms with Crippen LogP contribution in [0.4, 0.5) is 5.69 Å². The number of amides is 1. The molecule has 1 saturated carbocycles. The molecule has 1 heterocycles. The van der Waals surface area contributed by atoms with E-state index in [4.69, 9.17) is 5.73 Å². The average molecular weight is 291 g/mol. The van der Waals surface area contributed by atoms with Crippen LogP contribution in [0.3, 0.4) is 0 Å². The molecule has 1 aromatic rings. The highest BCUT2D eigenvalue weighted by Crippen LogP contribution is 2.29. The molecular formula is C15H21N3O3. The number of carbonyl (C=O) groups excluding carboxylic acids is 1. The number of nitrogens with zero attached hydrogens (tertiary/aromatic N) is 1. The van der Waals surface area contributed by atoms with Crippen LogP contribution in [0.1, 0.15) is 31.4 Å². The second-order valence-electron chi connectivity index (χ2n) is 5.55. The molecule has 1 aliphatic rings. The monoisotopic (exact) mass is 291 g/mol. The first-order chi connectivity index (χ1) is 10.1. The summed E-state index contributed by atoms with van der Waals surface area (Å²) in [6.45, 7) is 0.421. The van der Waals surface area contributed by atoms with Crippen molar-refractivity contribution in [1.82, 2.24) is 10.3 Å². The molecule has 0 bridgehead atoms. The van der Waals surface area contributed by atoms with E-state index in [1.165, 1.54) is 6.20 Å². The third-order valence-corrected chi connectivity index (χ3v) is 3.98. The van der Waals surface area contributed by atoms with Gasteiger partial charge in [-0.3, -0.25) is 14.6 Å². The summed E-state index contributed by atoms with van der Waals surface area (Å²) in [6, 6.07) is 3.42. The van der Waals surface area contributed by atoms with E-state index >= 15 is 0 Å². The third-order valence-electron chi connectivity index (χ3n) is 3.98. The predicted molar refractivity (Wildman–Crippen MR) is 78.4 cm³/mol. The topological polar surface area (TPSA) is 105 Å². The van der Waals surface area contributed by atoms with Crippen LogP contribution in [0.5, 0.6) is 0 Å². The van der Waals surface area contributed by atoms with E-state index in [2.05, 4.69) is 10.3 Å². The number of carboxylic acids is 1. The molecular weight excluding hydrogens is 270 g/mol. The zero-order chi connectivity index (χ0) is 15.2. The van der Waals surface area contributed by atoms with Gasteiger partial charge in [0.1, 0.15) is 0 Å². The first-order valence-corrected chi connectivity index (χ1v) is 7.26. The smallest absolute Gasteiger partial charge is 0.306 e. The highest BCUT2D eigenvalue weighted by Gasteiger charge is 2.30. The average Bonchev–Trinajstić information content (AvgIpc) is 2.48. The number of pyridine rings is 1. The van der Waals surface area contributed by atoms with Crippen molar-refractivity contribution >= 4 is 17.6 Å². The van der Waals surface area contributed by atoms with Crippen LogP contribution >= 0.6 is 0 Å². The number of carboxylic acid groups (broad SMARTS) is 1. The quantitative estimate of drug-likeness (QED) is 0.756. The molecule has 4 N–H and O–H groups in total. The first-order valence-electron chi connectivity index (χ1n) is 7.26. The molecule has 2 atom stereocenters. The van der Waals surface area contributed by atoms with Crippen molar-refractivity contribution in [3.05, 3.63) is 24.0 Å². The number of nitrogens with one attached hydrogen (secondary N) is 1.